The van der Waals surface area contributed by atoms with E-state index in [4.69, 9.17) is 4.74 Å². The fourth-order valence-electron chi connectivity index (χ4n) is 2.71. The molecule has 0 spiro atoms. The van der Waals surface area contributed by atoms with Gasteiger partial charge in [-0.15, -0.1) is 11.3 Å². The summed E-state index contributed by atoms with van der Waals surface area (Å²) in [6, 6.07) is 13.6. The predicted octanol–water partition coefficient (Wildman–Crippen LogP) is 3.75. The number of hydrogen-bond donors (Lipinski definition) is 1. The van der Waals surface area contributed by atoms with Crippen LogP contribution in [-0.4, -0.2) is 37.5 Å². The molecule has 1 aromatic carbocycles. The zero-order valence-corrected chi connectivity index (χ0v) is 17.7. The summed E-state index contributed by atoms with van der Waals surface area (Å²) in [4.78, 5) is 1.03. The van der Waals surface area contributed by atoms with Crippen molar-refractivity contribution in [1.82, 2.24) is 14.5 Å². The van der Waals surface area contributed by atoms with Gasteiger partial charge in [-0.3, -0.25) is 4.68 Å². The second-order valence-electron chi connectivity index (χ2n) is 6.67. The van der Waals surface area contributed by atoms with E-state index in [1.807, 2.05) is 61.7 Å². The van der Waals surface area contributed by atoms with E-state index in [1.165, 1.54) is 11.3 Å². The van der Waals surface area contributed by atoms with Crippen molar-refractivity contribution in [3.8, 4) is 10.6 Å². The average molecular weight is 420 g/mol. The molecule has 0 bridgehead atoms. The van der Waals surface area contributed by atoms with Crippen molar-refractivity contribution < 1.29 is 13.2 Å². The third-order valence-corrected chi connectivity index (χ3v) is 6.36. The molecule has 1 N–H and O–H groups in total. The summed E-state index contributed by atoms with van der Waals surface area (Å²) in [6.45, 7) is 5.27. The molecule has 0 saturated carbocycles. The van der Waals surface area contributed by atoms with E-state index >= 15 is 0 Å². The number of thiophene rings is 1. The maximum absolute atomic E-state index is 12.9. The van der Waals surface area contributed by atoms with Gasteiger partial charge in [-0.05, 0) is 37.3 Å². The Morgan fingerprint density at radius 1 is 1.18 bits per heavy atom. The molecule has 0 unspecified atom stereocenters. The van der Waals surface area contributed by atoms with Crippen molar-refractivity contribution in [2.24, 2.45) is 0 Å². The molecular formula is C20H25N3O3S2. The molecule has 0 fully saturated rings. The Balaban J connectivity index is 1.80. The van der Waals surface area contributed by atoms with Gasteiger partial charge in [-0.1, -0.05) is 36.4 Å². The van der Waals surface area contributed by atoms with Crippen LogP contribution in [0.2, 0.25) is 0 Å². The Kier molecular flexibility index (Phi) is 7.01. The highest BCUT2D eigenvalue weighted by molar-refractivity contribution is 7.89. The number of benzene rings is 1. The van der Waals surface area contributed by atoms with Crippen LogP contribution in [0.15, 0.2) is 58.9 Å². The summed E-state index contributed by atoms with van der Waals surface area (Å²) in [5, 5.41) is 6.48. The third-order valence-electron chi connectivity index (χ3n) is 4.02. The SMILES string of the molecule is CC(C)OCCCNS(=O)(=O)c1cn(Cc2ccccc2)nc1-c1cccs1. The van der Waals surface area contributed by atoms with Gasteiger partial charge < -0.3 is 4.74 Å². The molecule has 0 aliphatic rings. The number of sulfonamides is 1. The van der Waals surface area contributed by atoms with Crippen LogP contribution in [0.1, 0.15) is 25.8 Å². The number of hydrogen-bond acceptors (Lipinski definition) is 5. The molecule has 3 aromatic rings. The van der Waals surface area contributed by atoms with E-state index in [0.29, 0.717) is 31.8 Å². The van der Waals surface area contributed by atoms with E-state index in [1.54, 1.807) is 10.9 Å². The van der Waals surface area contributed by atoms with Crippen LogP contribution in [0, 0.1) is 0 Å². The quantitative estimate of drug-likeness (QED) is 0.508. The monoisotopic (exact) mass is 419 g/mol. The molecule has 28 heavy (non-hydrogen) atoms. The molecule has 0 atom stereocenters. The van der Waals surface area contributed by atoms with Crippen molar-refractivity contribution >= 4 is 21.4 Å². The van der Waals surface area contributed by atoms with Crippen molar-refractivity contribution in [2.75, 3.05) is 13.2 Å². The minimum atomic E-state index is -3.67. The Morgan fingerprint density at radius 2 is 1.96 bits per heavy atom. The van der Waals surface area contributed by atoms with Crippen molar-refractivity contribution in [1.29, 1.82) is 0 Å². The van der Waals surface area contributed by atoms with Crippen LogP contribution in [-0.2, 0) is 21.3 Å². The lowest BCUT2D eigenvalue weighted by Gasteiger charge is -2.08. The van der Waals surface area contributed by atoms with Crippen molar-refractivity contribution in [2.45, 2.75) is 37.8 Å². The van der Waals surface area contributed by atoms with E-state index in [2.05, 4.69) is 9.82 Å². The maximum atomic E-state index is 12.9. The van der Waals surface area contributed by atoms with Gasteiger partial charge in [0, 0.05) is 19.3 Å². The van der Waals surface area contributed by atoms with Gasteiger partial charge in [0.2, 0.25) is 10.0 Å². The summed E-state index contributed by atoms with van der Waals surface area (Å²) in [7, 11) is -3.67. The molecule has 0 aliphatic carbocycles. The van der Waals surface area contributed by atoms with Gasteiger partial charge in [-0.25, -0.2) is 13.1 Å². The molecule has 8 heteroatoms. The van der Waals surface area contributed by atoms with Gasteiger partial charge in [0.15, 0.2) is 0 Å². The standard InChI is InChI=1S/C20H25N3O3S2/c1-16(2)26-12-7-11-21-28(24,25)19-15-23(14-17-8-4-3-5-9-17)22-20(19)18-10-6-13-27-18/h3-6,8-10,13,15-16,21H,7,11-12,14H2,1-2H3. The van der Waals surface area contributed by atoms with Crippen molar-refractivity contribution in [3.63, 3.8) is 0 Å². The lowest BCUT2D eigenvalue weighted by atomic mass is 10.2. The van der Waals surface area contributed by atoms with E-state index < -0.39 is 10.0 Å². The summed E-state index contributed by atoms with van der Waals surface area (Å²) in [5.41, 5.74) is 1.54. The minimum absolute atomic E-state index is 0.137. The van der Waals surface area contributed by atoms with Gasteiger partial charge in [-0.2, -0.15) is 5.10 Å². The molecule has 6 nitrogen and oxygen atoms in total. The first-order valence-corrected chi connectivity index (χ1v) is 11.6. The normalized spacial score (nSPS) is 12.0. The maximum Gasteiger partial charge on any atom is 0.244 e. The first kappa shape index (κ1) is 20.7. The van der Waals surface area contributed by atoms with E-state index in [0.717, 1.165) is 10.4 Å². The first-order valence-electron chi connectivity index (χ1n) is 9.22. The van der Waals surface area contributed by atoms with Crippen LogP contribution in [0.4, 0.5) is 0 Å². The highest BCUT2D eigenvalue weighted by atomic mass is 32.2. The summed E-state index contributed by atoms with van der Waals surface area (Å²) in [6.07, 6.45) is 2.36. The van der Waals surface area contributed by atoms with Crippen LogP contribution >= 0.6 is 11.3 Å². The molecule has 150 valence electrons. The van der Waals surface area contributed by atoms with E-state index in [9.17, 15) is 8.42 Å². The second-order valence-corrected chi connectivity index (χ2v) is 9.36. The van der Waals surface area contributed by atoms with Gasteiger partial charge in [0.25, 0.3) is 0 Å². The highest BCUT2D eigenvalue weighted by Gasteiger charge is 2.24. The number of ether oxygens (including phenoxy) is 1. The zero-order valence-electron chi connectivity index (χ0n) is 16.0. The fraction of sp³-hybridized carbons (Fsp3) is 0.350. The van der Waals surface area contributed by atoms with Crippen LogP contribution < -0.4 is 4.72 Å². The Labute approximate surface area is 170 Å². The Hall–Kier alpha value is -2.00. The molecule has 3 rings (SSSR count). The van der Waals surface area contributed by atoms with Crippen LogP contribution in [0.25, 0.3) is 10.6 Å². The second kappa shape index (κ2) is 9.47. The summed E-state index contributed by atoms with van der Waals surface area (Å²) < 4.78 is 35.6. The van der Waals surface area contributed by atoms with Gasteiger partial charge >= 0.3 is 0 Å². The van der Waals surface area contributed by atoms with Crippen LogP contribution in [0.5, 0.6) is 0 Å². The number of nitrogens with one attached hydrogen (secondary N) is 1. The predicted molar refractivity (Wildman–Crippen MR) is 112 cm³/mol. The average Bonchev–Trinajstić information content (AvgIpc) is 3.31. The molecular weight excluding hydrogens is 394 g/mol. The first-order chi connectivity index (χ1) is 13.5. The summed E-state index contributed by atoms with van der Waals surface area (Å²) in [5.74, 6) is 0. The zero-order chi connectivity index (χ0) is 20.0. The molecule has 2 aromatic heterocycles. The van der Waals surface area contributed by atoms with Crippen LogP contribution in [0.3, 0.4) is 0 Å². The largest absolute Gasteiger partial charge is 0.379 e. The Morgan fingerprint density at radius 3 is 2.64 bits per heavy atom. The third kappa shape index (κ3) is 5.51. The highest BCUT2D eigenvalue weighted by Crippen LogP contribution is 2.29. The summed E-state index contributed by atoms with van der Waals surface area (Å²) >= 11 is 1.47. The molecule has 0 saturated heterocycles. The molecule has 0 amide bonds. The topological polar surface area (TPSA) is 73.2 Å². The number of nitrogens with zero attached hydrogens (tertiary/aromatic N) is 2. The smallest absolute Gasteiger partial charge is 0.244 e. The van der Waals surface area contributed by atoms with E-state index in [-0.39, 0.29) is 11.0 Å². The van der Waals surface area contributed by atoms with Gasteiger partial charge in [0.05, 0.1) is 17.5 Å². The van der Waals surface area contributed by atoms with Crippen molar-refractivity contribution in [3.05, 3.63) is 59.6 Å². The number of rotatable bonds is 10. The fourth-order valence-corrected chi connectivity index (χ4v) is 4.73. The molecule has 0 radical (unpaired) electrons. The lowest BCUT2D eigenvalue weighted by Crippen LogP contribution is -2.26. The van der Waals surface area contributed by atoms with Gasteiger partial charge in [0.1, 0.15) is 10.6 Å². The molecule has 0 aliphatic heterocycles. The lowest BCUT2D eigenvalue weighted by molar-refractivity contribution is 0.0778. The Bertz CT molecular complexity index is 966. The minimum Gasteiger partial charge on any atom is -0.379 e. The number of aromatic nitrogens is 2. The molecule has 2 heterocycles.